The van der Waals surface area contributed by atoms with Crippen LogP contribution in [0.5, 0.6) is 0 Å². The fourth-order valence-electron chi connectivity index (χ4n) is 11.6. The number of rotatable bonds is 13. The molecule has 7 atom stereocenters. The van der Waals surface area contributed by atoms with Gasteiger partial charge in [0, 0.05) is 117 Å². The first kappa shape index (κ1) is 46.5. The van der Waals surface area contributed by atoms with E-state index in [1.807, 2.05) is 50.8 Å². The number of ether oxygens (including phenoxy) is 3. The molecule has 2 aliphatic heterocycles. The van der Waals surface area contributed by atoms with Crippen LogP contribution < -0.4 is 21.3 Å². The van der Waals surface area contributed by atoms with Crippen LogP contribution in [-0.2, 0) is 14.2 Å². The molecular formula is C52H62N14O6. The minimum absolute atomic E-state index is 0.00979. The molecule has 2 saturated heterocycles. The molecule has 0 radical (unpaired) electrons. The third-order valence-corrected chi connectivity index (χ3v) is 15.3. The zero-order valence-corrected chi connectivity index (χ0v) is 40.7. The number of aliphatic hydroxyl groups excluding tert-OH is 2. The van der Waals surface area contributed by atoms with Crippen LogP contribution in [-0.4, -0.2) is 129 Å². The van der Waals surface area contributed by atoms with E-state index in [-0.39, 0.29) is 42.3 Å². The van der Waals surface area contributed by atoms with Crippen LogP contribution in [0.15, 0.2) is 73.6 Å². The van der Waals surface area contributed by atoms with Crippen molar-refractivity contribution in [1.82, 2.24) is 58.9 Å². The molecule has 72 heavy (non-hydrogen) atoms. The number of anilines is 2. The van der Waals surface area contributed by atoms with E-state index in [2.05, 4.69) is 65.1 Å². The van der Waals surface area contributed by atoms with E-state index in [1.165, 1.54) is 0 Å². The van der Waals surface area contributed by atoms with Crippen LogP contribution >= 0.6 is 0 Å². The molecular weight excluding hydrogens is 917 g/mol. The predicted molar refractivity (Wildman–Crippen MR) is 271 cm³/mol. The van der Waals surface area contributed by atoms with Gasteiger partial charge in [-0.3, -0.25) is 10.1 Å². The fraction of sp³-hybridized carbons (Fsp3) is 0.481. The topological polar surface area (TPSA) is 229 Å². The number of nitrogens with zero attached hydrogens (tertiary/aromatic N) is 10. The highest BCUT2D eigenvalue weighted by atomic mass is 16.7. The van der Waals surface area contributed by atoms with Gasteiger partial charge in [-0.25, -0.2) is 19.9 Å². The van der Waals surface area contributed by atoms with Gasteiger partial charge in [0.15, 0.2) is 17.6 Å². The quantitative estimate of drug-likeness (QED) is 0.0673. The Morgan fingerprint density at radius 1 is 0.736 bits per heavy atom. The van der Waals surface area contributed by atoms with E-state index in [1.54, 1.807) is 21.4 Å². The first-order valence-electron chi connectivity index (χ1n) is 25.6. The number of amides is 1. The molecule has 0 spiro atoms. The summed E-state index contributed by atoms with van der Waals surface area (Å²) in [6.45, 7) is 1.95. The summed E-state index contributed by atoms with van der Waals surface area (Å²) < 4.78 is 26.6. The first-order chi connectivity index (χ1) is 35.3. The average Bonchev–Trinajstić information content (AvgIpc) is 4.22. The molecule has 8 aromatic rings. The van der Waals surface area contributed by atoms with E-state index in [0.717, 1.165) is 121 Å². The smallest absolute Gasteiger partial charge is 0.256 e. The molecule has 2 saturated carbocycles. The molecule has 0 aromatic carbocycles. The molecule has 4 fully saturated rings. The van der Waals surface area contributed by atoms with E-state index in [4.69, 9.17) is 34.1 Å². The van der Waals surface area contributed by atoms with Crippen molar-refractivity contribution >= 4 is 50.9 Å². The molecule has 1 amide bonds. The Morgan fingerprint density at radius 2 is 1.38 bits per heavy atom. The highest BCUT2D eigenvalue weighted by Gasteiger charge is 2.33. The number of carbonyl (C=O) groups is 1. The van der Waals surface area contributed by atoms with Crippen LogP contribution in [0.25, 0.3) is 55.9 Å². The lowest BCUT2D eigenvalue weighted by Gasteiger charge is -2.36. The number of aromatic nitrogens is 10. The minimum Gasteiger partial charge on any atom is -0.393 e. The molecule has 12 rings (SSSR count). The Balaban J connectivity index is 0.748. The van der Waals surface area contributed by atoms with Gasteiger partial charge in [0.2, 0.25) is 0 Å². The van der Waals surface area contributed by atoms with Crippen molar-refractivity contribution in [3.8, 4) is 22.5 Å². The van der Waals surface area contributed by atoms with Gasteiger partial charge >= 0.3 is 0 Å². The Labute approximate surface area is 415 Å². The lowest BCUT2D eigenvalue weighted by Crippen LogP contribution is -2.42. The van der Waals surface area contributed by atoms with Gasteiger partial charge in [-0.2, -0.15) is 19.2 Å². The summed E-state index contributed by atoms with van der Waals surface area (Å²) in [6.07, 6.45) is 18.9. The first-order valence-corrected chi connectivity index (χ1v) is 25.6. The molecule has 376 valence electrons. The lowest BCUT2D eigenvalue weighted by atomic mass is 9.92. The van der Waals surface area contributed by atoms with Crippen LogP contribution in [0, 0.1) is 0 Å². The molecule has 4 unspecified atom stereocenters. The van der Waals surface area contributed by atoms with Crippen molar-refractivity contribution in [2.45, 2.75) is 126 Å². The van der Waals surface area contributed by atoms with Crippen molar-refractivity contribution in [2.24, 2.45) is 0 Å². The van der Waals surface area contributed by atoms with Crippen molar-refractivity contribution in [3.05, 3.63) is 84.7 Å². The SMILES string of the molecule is CNc1cc(-c2cn(C3CCOCC3)c3ncccc23)nc2c(C(=O)N[C@@H]3CCC[C@@H](OC4CC(n5cc(-c6cc(NC)n7ncc(C(O)NC8CCC[C@H](O)C8)c7n6)c6cccnc65)CCO4)C3)cnn12. The summed E-state index contributed by atoms with van der Waals surface area (Å²) in [6, 6.07) is 12.2. The number of hydrogen-bond donors (Lipinski definition) is 6. The fourth-order valence-corrected chi connectivity index (χ4v) is 11.6. The van der Waals surface area contributed by atoms with Gasteiger partial charge in [-0.05, 0) is 94.9 Å². The second-order valence-corrected chi connectivity index (χ2v) is 19.8. The Kier molecular flexibility index (Phi) is 12.8. The molecule has 2 aliphatic carbocycles. The normalized spacial score (nSPS) is 23.8. The summed E-state index contributed by atoms with van der Waals surface area (Å²) in [7, 11) is 3.69. The Morgan fingerprint density at radius 3 is 2.08 bits per heavy atom. The van der Waals surface area contributed by atoms with Crippen molar-refractivity contribution < 1.29 is 29.2 Å². The van der Waals surface area contributed by atoms with E-state index >= 15 is 0 Å². The number of pyridine rings is 2. The molecule has 4 aliphatic rings. The summed E-state index contributed by atoms with van der Waals surface area (Å²) in [5, 5.41) is 46.0. The second kappa shape index (κ2) is 19.8. The highest BCUT2D eigenvalue weighted by Crippen LogP contribution is 2.39. The van der Waals surface area contributed by atoms with Gasteiger partial charge in [0.05, 0.1) is 48.2 Å². The molecule has 6 N–H and O–H groups in total. The summed E-state index contributed by atoms with van der Waals surface area (Å²) in [4.78, 5) is 34.1. The van der Waals surface area contributed by atoms with Gasteiger partial charge in [0.1, 0.15) is 34.7 Å². The number of aliphatic hydroxyl groups is 2. The molecule has 8 aromatic heterocycles. The van der Waals surface area contributed by atoms with Crippen molar-refractivity contribution in [1.29, 1.82) is 0 Å². The standard InChI is InChI=1S/C52H62N14O6/c1-53-44-24-42(40-28-63(32-13-18-70-19-14-32)47-36(40)11-5-16-55-47)61-50-39(27-58-66(44)50)52(69)60-31-8-4-10-35(22-31)72-46-23-33(15-20-71-46)64-29-41(37-12-6-17-56-48(37)64)43-25-45(54-2)65-49(62-43)38(26-57-65)51(68)59-30-7-3-9-34(67)21-30/h5-6,11-12,16-17,24-35,46,51,53-54,59,67-68H,3-4,7-10,13-15,18-23H2,1-2H3,(H,60,69)/t30?,31-,33?,34+,35-,46?,51?/m1/s1. The van der Waals surface area contributed by atoms with Crippen LogP contribution in [0.3, 0.4) is 0 Å². The van der Waals surface area contributed by atoms with E-state index < -0.39 is 12.5 Å². The monoisotopic (exact) mass is 978 g/mol. The van der Waals surface area contributed by atoms with Crippen LogP contribution in [0.2, 0.25) is 0 Å². The number of hydrogen-bond acceptors (Lipinski definition) is 15. The summed E-state index contributed by atoms with van der Waals surface area (Å²) >= 11 is 0. The second-order valence-electron chi connectivity index (χ2n) is 19.8. The highest BCUT2D eigenvalue weighted by molar-refractivity contribution is 6.01. The maximum atomic E-state index is 14.2. The van der Waals surface area contributed by atoms with Crippen molar-refractivity contribution in [3.63, 3.8) is 0 Å². The van der Waals surface area contributed by atoms with Gasteiger partial charge < -0.3 is 49.5 Å². The maximum absolute atomic E-state index is 14.2. The zero-order valence-electron chi connectivity index (χ0n) is 40.7. The van der Waals surface area contributed by atoms with E-state index in [9.17, 15) is 15.0 Å². The maximum Gasteiger partial charge on any atom is 0.256 e. The van der Waals surface area contributed by atoms with Crippen LogP contribution in [0.4, 0.5) is 11.6 Å². The number of carbonyl (C=O) groups excluding carboxylic acids is 1. The van der Waals surface area contributed by atoms with Gasteiger partial charge in [0.25, 0.3) is 5.91 Å². The third-order valence-electron chi connectivity index (χ3n) is 15.3. The summed E-state index contributed by atoms with van der Waals surface area (Å²) in [5.41, 5.74) is 7.03. The van der Waals surface area contributed by atoms with Crippen molar-refractivity contribution in [2.75, 3.05) is 44.5 Å². The predicted octanol–water partition coefficient (Wildman–Crippen LogP) is 6.56. The largest absolute Gasteiger partial charge is 0.393 e. The molecule has 20 heteroatoms. The number of fused-ring (bicyclic) bond motifs is 4. The molecule has 20 nitrogen and oxygen atoms in total. The number of nitrogens with one attached hydrogen (secondary N) is 4. The summed E-state index contributed by atoms with van der Waals surface area (Å²) in [5.74, 6) is 1.21. The average molecular weight is 979 g/mol. The Hall–Kier alpha value is -6.55. The van der Waals surface area contributed by atoms with E-state index in [0.29, 0.717) is 54.1 Å². The zero-order chi connectivity index (χ0) is 48.9. The van der Waals surface area contributed by atoms with Gasteiger partial charge in [-0.1, -0.05) is 0 Å². The lowest BCUT2D eigenvalue weighted by molar-refractivity contribution is -0.201. The minimum atomic E-state index is -1.01. The Bertz CT molecular complexity index is 3250. The third kappa shape index (κ3) is 8.83. The molecule has 10 heterocycles. The van der Waals surface area contributed by atoms with Crippen LogP contribution in [0.1, 0.15) is 111 Å². The van der Waals surface area contributed by atoms with Gasteiger partial charge in [-0.15, -0.1) is 0 Å². The molecule has 0 bridgehead atoms.